The highest BCUT2D eigenvalue weighted by molar-refractivity contribution is 6.32. The molecule has 0 saturated heterocycles. The zero-order valence-electron chi connectivity index (χ0n) is 8.49. The Morgan fingerprint density at radius 3 is 2.62 bits per heavy atom. The summed E-state index contributed by atoms with van der Waals surface area (Å²) in [5.41, 5.74) is -0.428. The molecule has 86 valence electrons. The molecule has 0 saturated carbocycles. The van der Waals surface area contributed by atoms with E-state index in [1.807, 2.05) is 0 Å². The van der Waals surface area contributed by atoms with Gasteiger partial charge in [0.1, 0.15) is 0 Å². The highest BCUT2D eigenvalue weighted by atomic mass is 35.5. The van der Waals surface area contributed by atoms with Crippen LogP contribution in [0.1, 0.15) is 6.92 Å². The van der Waals surface area contributed by atoms with Crippen LogP contribution in [0.15, 0.2) is 12.1 Å². The van der Waals surface area contributed by atoms with Crippen LogP contribution in [-0.2, 0) is 9.63 Å². The summed E-state index contributed by atoms with van der Waals surface area (Å²) in [6.45, 7) is 1.16. The molecule has 0 aliphatic carbocycles. The maximum atomic E-state index is 13.3. The van der Waals surface area contributed by atoms with Crippen molar-refractivity contribution in [1.82, 2.24) is 0 Å². The van der Waals surface area contributed by atoms with E-state index in [0.29, 0.717) is 0 Å². The number of esters is 1. The minimum absolute atomic E-state index is 0.0569. The van der Waals surface area contributed by atoms with Crippen molar-refractivity contribution < 1.29 is 23.7 Å². The van der Waals surface area contributed by atoms with Gasteiger partial charge in [-0.1, -0.05) is 11.6 Å². The lowest BCUT2D eigenvalue weighted by molar-refractivity contribution is -0.737. The third-order valence-corrected chi connectivity index (χ3v) is 1.91. The summed E-state index contributed by atoms with van der Waals surface area (Å²) >= 11 is 5.61. The third-order valence-electron chi connectivity index (χ3n) is 1.62. The van der Waals surface area contributed by atoms with Crippen molar-refractivity contribution in [2.75, 3.05) is 7.11 Å². The molecule has 0 aromatic heterocycles. The van der Waals surface area contributed by atoms with Crippen molar-refractivity contribution in [2.45, 2.75) is 6.92 Å². The molecule has 0 spiro atoms. The van der Waals surface area contributed by atoms with Gasteiger partial charge < -0.3 is 4.74 Å². The van der Waals surface area contributed by atoms with Crippen molar-refractivity contribution in [3.8, 4) is 5.75 Å². The molecule has 5 nitrogen and oxygen atoms in total. The van der Waals surface area contributed by atoms with E-state index < -0.39 is 17.5 Å². The maximum absolute atomic E-state index is 13.3. The highest BCUT2D eigenvalue weighted by Gasteiger charge is 2.24. The number of ether oxygens (including phenoxy) is 1. The fourth-order valence-corrected chi connectivity index (χ4v) is 1.18. The molecular weight excluding hydrogens is 241 g/mol. The highest BCUT2D eigenvalue weighted by Crippen LogP contribution is 2.31. The number of hydrogen-bond donors (Lipinski definition) is 0. The Kier molecular flexibility index (Phi) is 3.78. The predicted molar refractivity (Wildman–Crippen MR) is 53.0 cm³/mol. The molecule has 16 heavy (non-hydrogen) atoms. The second kappa shape index (κ2) is 4.89. The van der Waals surface area contributed by atoms with Gasteiger partial charge in [-0.2, -0.15) is 4.39 Å². The Bertz CT molecular complexity index is 449. The number of carbonyl (C=O) groups is 1. The molecule has 0 radical (unpaired) electrons. The summed E-state index contributed by atoms with van der Waals surface area (Å²) in [6.07, 6.45) is 0. The first-order chi connectivity index (χ1) is 7.45. The van der Waals surface area contributed by atoms with Gasteiger partial charge in [-0.15, -0.1) is 0 Å². The topological polar surface area (TPSA) is 55.6 Å². The van der Waals surface area contributed by atoms with Crippen LogP contribution in [0.25, 0.3) is 0 Å². The van der Waals surface area contributed by atoms with Gasteiger partial charge in [-0.05, 0) is 0 Å². The maximum Gasteiger partial charge on any atom is 0.355 e. The predicted octanol–water partition coefficient (Wildman–Crippen LogP) is 2.38. The van der Waals surface area contributed by atoms with Crippen molar-refractivity contribution in [1.29, 1.82) is 0 Å². The van der Waals surface area contributed by atoms with Crippen LogP contribution in [-0.4, -0.2) is 18.0 Å². The standard InChI is InChI=1S/C9H8ClFNO4/c1-5(13)16-9-4-8(12(14)15-2)7(11)3-6(9)10/h3-4H,1-2H3/q+1. The van der Waals surface area contributed by atoms with Crippen molar-refractivity contribution in [3.05, 3.63) is 27.9 Å². The third kappa shape index (κ3) is 2.66. The molecule has 0 aliphatic heterocycles. The first-order valence-corrected chi connectivity index (χ1v) is 4.52. The first-order valence-electron chi connectivity index (χ1n) is 4.14. The molecule has 0 fully saturated rings. The van der Waals surface area contributed by atoms with E-state index in [2.05, 4.69) is 9.57 Å². The smallest absolute Gasteiger partial charge is 0.355 e. The summed E-state index contributed by atoms with van der Waals surface area (Å²) in [5.74, 6) is -1.62. The fourth-order valence-electron chi connectivity index (χ4n) is 0.990. The van der Waals surface area contributed by atoms with E-state index in [1.54, 1.807) is 0 Å². The summed E-state index contributed by atoms with van der Waals surface area (Å²) in [7, 11) is 1.08. The van der Waals surface area contributed by atoms with E-state index in [4.69, 9.17) is 11.6 Å². The normalized spacial score (nSPS) is 9.75. The molecule has 0 amide bonds. The van der Waals surface area contributed by atoms with Crippen LogP contribution in [0, 0.1) is 10.7 Å². The summed E-state index contributed by atoms with van der Waals surface area (Å²) < 4.78 is 17.9. The zero-order valence-corrected chi connectivity index (χ0v) is 9.25. The second-order valence-electron chi connectivity index (χ2n) is 2.77. The molecule has 0 heterocycles. The Morgan fingerprint density at radius 1 is 1.50 bits per heavy atom. The molecule has 0 atom stereocenters. The molecule has 1 aromatic rings. The van der Waals surface area contributed by atoms with E-state index in [1.165, 1.54) is 0 Å². The van der Waals surface area contributed by atoms with Gasteiger partial charge in [0.2, 0.25) is 5.82 Å². The Morgan fingerprint density at radius 2 is 2.12 bits per heavy atom. The Balaban J connectivity index is 3.21. The first kappa shape index (κ1) is 12.4. The minimum atomic E-state index is -0.877. The number of hydrogen-bond acceptors (Lipinski definition) is 4. The number of nitrogens with zero attached hydrogens (tertiary/aromatic N) is 1. The lowest BCUT2D eigenvalue weighted by Crippen LogP contribution is -2.05. The van der Waals surface area contributed by atoms with Gasteiger partial charge in [-0.3, -0.25) is 4.79 Å². The number of benzene rings is 1. The van der Waals surface area contributed by atoms with Gasteiger partial charge in [0.05, 0.1) is 16.0 Å². The van der Waals surface area contributed by atoms with Gasteiger partial charge in [-0.25, -0.2) is 4.84 Å². The van der Waals surface area contributed by atoms with Gasteiger partial charge in [0, 0.05) is 13.0 Å². The van der Waals surface area contributed by atoms with Crippen molar-refractivity contribution >= 4 is 23.3 Å². The second-order valence-corrected chi connectivity index (χ2v) is 3.17. The molecule has 0 N–H and O–H groups in total. The molecule has 0 unspecified atom stereocenters. The van der Waals surface area contributed by atoms with Crippen LogP contribution in [0.2, 0.25) is 5.02 Å². The number of halogens is 2. The van der Waals surface area contributed by atoms with Crippen LogP contribution in [0.4, 0.5) is 10.1 Å². The quantitative estimate of drug-likeness (QED) is 0.468. The average molecular weight is 249 g/mol. The lowest BCUT2D eigenvalue weighted by atomic mass is 10.3. The van der Waals surface area contributed by atoms with Crippen LogP contribution >= 0.6 is 11.6 Å². The Labute approximate surface area is 95.2 Å². The van der Waals surface area contributed by atoms with Gasteiger partial charge in [0.15, 0.2) is 12.9 Å². The molecule has 0 aliphatic rings. The molecular formula is C9H8ClFNO4+. The van der Waals surface area contributed by atoms with Crippen molar-refractivity contribution in [3.63, 3.8) is 0 Å². The van der Waals surface area contributed by atoms with E-state index in [-0.39, 0.29) is 15.7 Å². The van der Waals surface area contributed by atoms with Crippen LogP contribution < -0.4 is 4.74 Å². The Hall–Kier alpha value is -1.69. The monoisotopic (exact) mass is 248 g/mol. The van der Waals surface area contributed by atoms with Gasteiger partial charge in [0.25, 0.3) is 4.92 Å². The fraction of sp³-hybridized carbons (Fsp3) is 0.222. The van der Waals surface area contributed by atoms with E-state index in [0.717, 1.165) is 26.2 Å². The molecule has 1 aromatic carbocycles. The zero-order chi connectivity index (χ0) is 12.3. The van der Waals surface area contributed by atoms with Crippen molar-refractivity contribution in [2.24, 2.45) is 0 Å². The number of rotatable bonds is 3. The van der Waals surface area contributed by atoms with E-state index in [9.17, 15) is 14.1 Å². The largest absolute Gasteiger partial charge is 0.425 e. The molecule has 7 heteroatoms. The molecule has 0 bridgehead atoms. The minimum Gasteiger partial charge on any atom is -0.425 e. The van der Waals surface area contributed by atoms with Crippen LogP contribution in [0.5, 0.6) is 5.75 Å². The average Bonchev–Trinajstić information content (AvgIpc) is 2.20. The number of carbonyl (C=O) groups excluding carboxylic acids is 1. The van der Waals surface area contributed by atoms with E-state index >= 15 is 0 Å². The summed E-state index contributed by atoms with van der Waals surface area (Å²) in [6, 6.07) is 1.84. The SMILES string of the molecule is CO[N+](=O)c1cc(OC(C)=O)c(Cl)cc1F. The van der Waals surface area contributed by atoms with Crippen LogP contribution in [0.3, 0.4) is 0 Å². The summed E-state index contributed by atoms with van der Waals surface area (Å²) in [5, 5.41) is -0.110. The lowest BCUT2D eigenvalue weighted by Gasteiger charge is -2.03. The summed E-state index contributed by atoms with van der Waals surface area (Å²) in [4.78, 5) is 26.0. The van der Waals surface area contributed by atoms with Gasteiger partial charge >= 0.3 is 11.7 Å². The molecule has 1 rings (SSSR count).